The first-order chi connectivity index (χ1) is 9.13. The fourth-order valence-electron chi connectivity index (χ4n) is 2.27. The average Bonchev–Trinajstić information content (AvgIpc) is 2.44. The number of fused-ring (bicyclic) bond motifs is 1. The third-order valence-corrected chi connectivity index (χ3v) is 4.35. The van der Waals surface area contributed by atoms with Crippen LogP contribution in [-0.2, 0) is 11.4 Å². The van der Waals surface area contributed by atoms with Crippen molar-refractivity contribution in [2.24, 2.45) is 5.14 Å². The van der Waals surface area contributed by atoms with E-state index < -0.39 is 11.4 Å². The summed E-state index contributed by atoms with van der Waals surface area (Å²) in [7, 11) is 0. The first-order valence-electron chi connectivity index (χ1n) is 6.22. The van der Waals surface area contributed by atoms with Crippen molar-refractivity contribution >= 4 is 22.1 Å². The summed E-state index contributed by atoms with van der Waals surface area (Å²) in [6, 6.07) is 14.3. The first-order valence-corrected chi connectivity index (χ1v) is 7.50. The lowest BCUT2D eigenvalue weighted by Gasteiger charge is -2.18. The second-order valence-corrected chi connectivity index (χ2v) is 6.12. The van der Waals surface area contributed by atoms with E-state index in [9.17, 15) is 4.55 Å². The lowest BCUT2D eigenvalue weighted by atomic mass is 9.91. The molecule has 0 heterocycles. The summed E-state index contributed by atoms with van der Waals surface area (Å²) >= 11 is -1.34. The van der Waals surface area contributed by atoms with Crippen molar-refractivity contribution in [3.05, 3.63) is 48.0 Å². The van der Waals surface area contributed by atoms with Crippen molar-refractivity contribution in [3.63, 3.8) is 0 Å². The van der Waals surface area contributed by atoms with Crippen molar-refractivity contribution in [2.75, 3.05) is 0 Å². The van der Waals surface area contributed by atoms with E-state index in [-0.39, 0.29) is 11.2 Å². The Morgan fingerprint density at radius 3 is 2.63 bits per heavy atom. The van der Waals surface area contributed by atoms with Gasteiger partial charge in [-0.1, -0.05) is 48.4 Å². The molecule has 2 aromatic rings. The monoisotopic (exact) mass is 271 g/mol. The van der Waals surface area contributed by atoms with Crippen LogP contribution in [0, 0.1) is 12.3 Å². The Morgan fingerprint density at radius 2 is 1.95 bits per heavy atom. The van der Waals surface area contributed by atoms with Gasteiger partial charge in [-0.05, 0) is 23.3 Å². The second-order valence-electron chi connectivity index (χ2n) is 4.66. The SMILES string of the molecule is C#CC(CC(C)[S+](N)[O-])c1cccc2ccccc12. The molecule has 0 aliphatic heterocycles. The Labute approximate surface area is 117 Å². The molecule has 98 valence electrons. The van der Waals surface area contributed by atoms with Gasteiger partial charge in [0, 0.05) is 17.8 Å². The van der Waals surface area contributed by atoms with Crippen LogP contribution in [0.15, 0.2) is 42.5 Å². The number of benzene rings is 2. The van der Waals surface area contributed by atoms with Crippen molar-refractivity contribution in [1.29, 1.82) is 0 Å². The topological polar surface area (TPSA) is 49.1 Å². The van der Waals surface area contributed by atoms with E-state index >= 15 is 0 Å². The summed E-state index contributed by atoms with van der Waals surface area (Å²) in [6.45, 7) is 1.87. The van der Waals surface area contributed by atoms with Gasteiger partial charge in [0.15, 0.2) is 0 Å². The van der Waals surface area contributed by atoms with Gasteiger partial charge in [0.25, 0.3) is 0 Å². The predicted octanol–water partition coefficient (Wildman–Crippen LogP) is 2.96. The number of terminal acetylenes is 1. The molecule has 0 bridgehead atoms. The molecule has 0 aliphatic carbocycles. The zero-order valence-electron chi connectivity index (χ0n) is 10.9. The fourth-order valence-corrected chi connectivity index (χ4v) is 2.65. The molecule has 0 fully saturated rings. The molecule has 0 aliphatic rings. The Bertz CT molecular complexity index is 598. The molecular formula is C16H17NOS. The van der Waals surface area contributed by atoms with E-state index in [4.69, 9.17) is 11.6 Å². The zero-order chi connectivity index (χ0) is 13.8. The van der Waals surface area contributed by atoms with E-state index in [1.54, 1.807) is 0 Å². The minimum Gasteiger partial charge on any atom is -0.598 e. The highest BCUT2D eigenvalue weighted by Crippen LogP contribution is 2.29. The smallest absolute Gasteiger partial charge is 0.134 e. The lowest BCUT2D eigenvalue weighted by Crippen LogP contribution is -2.27. The lowest BCUT2D eigenvalue weighted by molar-refractivity contribution is 0.574. The molecule has 3 atom stereocenters. The number of nitrogens with two attached hydrogens (primary N) is 1. The largest absolute Gasteiger partial charge is 0.598 e. The highest BCUT2D eigenvalue weighted by Gasteiger charge is 2.21. The number of hydrogen-bond donors (Lipinski definition) is 1. The minimum absolute atomic E-state index is 0.0615. The molecule has 0 aromatic heterocycles. The maximum atomic E-state index is 11.3. The molecule has 0 saturated carbocycles. The maximum absolute atomic E-state index is 11.3. The van der Waals surface area contributed by atoms with E-state index in [0.29, 0.717) is 6.42 Å². The maximum Gasteiger partial charge on any atom is 0.134 e. The molecule has 0 spiro atoms. The molecule has 2 nitrogen and oxygen atoms in total. The van der Waals surface area contributed by atoms with Crippen LogP contribution in [0.2, 0.25) is 0 Å². The van der Waals surface area contributed by atoms with Crippen LogP contribution in [-0.4, -0.2) is 9.80 Å². The van der Waals surface area contributed by atoms with Crippen molar-refractivity contribution in [3.8, 4) is 12.3 Å². The zero-order valence-corrected chi connectivity index (χ0v) is 11.7. The quantitative estimate of drug-likeness (QED) is 0.686. The van der Waals surface area contributed by atoms with Crippen molar-refractivity contribution in [2.45, 2.75) is 24.5 Å². The van der Waals surface area contributed by atoms with Crippen LogP contribution in [0.25, 0.3) is 10.8 Å². The normalized spacial score (nSPS) is 15.7. The Kier molecular flexibility index (Phi) is 4.49. The Hall–Kier alpha value is -1.47. The Balaban J connectivity index is 2.39. The molecule has 3 unspecified atom stereocenters. The molecule has 3 heteroatoms. The van der Waals surface area contributed by atoms with Crippen LogP contribution in [0.3, 0.4) is 0 Å². The van der Waals surface area contributed by atoms with Gasteiger partial charge in [0.1, 0.15) is 5.25 Å². The minimum atomic E-state index is -1.34. The van der Waals surface area contributed by atoms with Gasteiger partial charge >= 0.3 is 0 Å². The van der Waals surface area contributed by atoms with E-state index in [1.807, 2.05) is 31.2 Å². The highest BCUT2D eigenvalue weighted by molar-refractivity contribution is 7.89. The van der Waals surface area contributed by atoms with Gasteiger partial charge in [0.2, 0.25) is 0 Å². The van der Waals surface area contributed by atoms with E-state index in [2.05, 4.69) is 24.1 Å². The van der Waals surface area contributed by atoms with E-state index in [1.165, 1.54) is 5.39 Å². The summed E-state index contributed by atoms with van der Waals surface area (Å²) in [5.74, 6) is 2.74. The van der Waals surface area contributed by atoms with Crippen LogP contribution in [0.1, 0.15) is 24.8 Å². The number of hydrogen-bond acceptors (Lipinski definition) is 2. The summed E-state index contributed by atoms with van der Waals surface area (Å²) in [5.41, 5.74) is 1.11. The standard InChI is InChI=1S/C16H17NOS/c1-3-13(11-12(2)19(17)18)15-10-6-8-14-7-4-5-9-16(14)15/h1,4-10,12-13H,11,17H2,2H3. The van der Waals surface area contributed by atoms with Gasteiger partial charge in [-0.2, -0.15) is 5.14 Å². The Morgan fingerprint density at radius 1 is 1.26 bits per heavy atom. The molecule has 19 heavy (non-hydrogen) atoms. The van der Waals surface area contributed by atoms with Crippen molar-refractivity contribution in [1.82, 2.24) is 0 Å². The molecule has 0 saturated heterocycles. The molecule has 2 N–H and O–H groups in total. The van der Waals surface area contributed by atoms with Gasteiger partial charge in [0.05, 0.1) is 5.92 Å². The van der Waals surface area contributed by atoms with Gasteiger partial charge in [-0.3, -0.25) is 0 Å². The van der Waals surface area contributed by atoms with Gasteiger partial charge < -0.3 is 4.55 Å². The number of rotatable bonds is 4. The van der Waals surface area contributed by atoms with Crippen LogP contribution in [0.5, 0.6) is 0 Å². The van der Waals surface area contributed by atoms with Crippen LogP contribution < -0.4 is 5.14 Å². The molecule has 2 rings (SSSR count). The van der Waals surface area contributed by atoms with E-state index in [0.717, 1.165) is 10.9 Å². The fraction of sp³-hybridized carbons (Fsp3) is 0.250. The third-order valence-electron chi connectivity index (χ3n) is 3.36. The molecular weight excluding hydrogens is 254 g/mol. The molecule has 0 amide bonds. The predicted molar refractivity (Wildman–Crippen MR) is 81.9 cm³/mol. The summed E-state index contributed by atoms with van der Waals surface area (Å²) < 4.78 is 11.3. The van der Waals surface area contributed by atoms with Crippen LogP contribution in [0.4, 0.5) is 0 Å². The summed E-state index contributed by atoms with van der Waals surface area (Å²) in [4.78, 5) is 0. The van der Waals surface area contributed by atoms with Crippen LogP contribution >= 0.6 is 0 Å². The van der Waals surface area contributed by atoms with Gasteiger partial charge in [-0.15, -0.1) is 6.42 Å². The molecule has 2 aromatic carbocycles. The molecule has 0 radical (unpaired) electrons. The average molecular weight is 271 g/mol. The van der Waals surface area contributed by atoms with Crippen molar-refractivity contribution < 1.29 is 4.55 Å². The third kappa shape index (κ3) is 3.10. The highest BCUT2D eigenvalue weighted by atomic mass is 32.2. The van der Waals surface area contributed by atoms with Gasteiger partial charge in [-0.25, -0.2) is 0 Å². The second kappa shape index (κ2) is 6.12. The summed E-state index contributed by atoms with van der Waals surface area (Å²) in [5, 5.41) is 7.65. The first kappa shape index (κ1) is 14.0. The summed E-state index contributed by atoms with van der Waals surface area (Å²) in [6.07, 6.45) is 6.29.